The molecule has 0 saturated carbocycles. The van der Waals surface area contributed by atoms with Gasteiger partial charge in [-0.1, -0.05) is 96.8 Å². The highest BCUT2D eigenvalue weighted by Gasteiger charge is 2.19. The number of aliphatic carboxylic acids is 1. The van der Waals surface area contributed by atoms with Gasteiger partial charge in [0, 0.05) is 5.97 Å². The van der Waals surface area contributed by atoms with Crippen LogP contribution in [0, 0.1) is 0 Å². The molecule has 180 valence electrons. The molecule has 1 atom stereocenters. The minimum atomic E-state index is -0.926. The zero-order chi connectivity index (χ0) is 22.5. The standard InChI is InChI=1S/C26H53NO3/c1-4-5-6-7-8-9-10-12-15-18-21-25(28)24-27(2,3)23-20-17-14-11-13-16-19-22-26(29)30/h25,28H,4-24H2,1-3H3. The van der Waals surface area contributed by atoms with Crippen LogP contribution in [-0.2, 0) is 4.79 Å². The Labute approximate surface area is 188 Å². The number of carbonyl (C=O) groups excluding carboxylic acids is 1. The van der Waals surface area contributed by atoms with Gasteiger partial charge in [0.25, 0.3) is 0 Å². The average Bonchev–Trinajstić information content (AvgIpc) is 2.67. The lowest BCUT2D eigenvalue weighted by Crippen LogP contribution is -2.45. The number of aliphatic hydroxyl groups excluding tert-OH is 1. The molecule has 0 fully saturated rings. The number of aliphatic hydroxyl groups is 1. The van der Waals surface area contributed by atoms with Crippen molar-refractivity contribution >= 4 is 5.97 Å². The molecule has 0 aliphatic rings. The fourth-order valence-corrected chi connectivity index (χ4v) is 4.31. The summed E-state index contributed by atoms with van der Waals surface area (Å²) in [4.78, 5) is 10.4. The molecule has 0 rings (SSSR count). The molecule has 0 saturated heterocycles. The Morgan fingerprint density at radius 2 is 1.17 bits per heavy atom. The molecular weight excluding hydrogens is 374 g/mol. The topological polar surface area (TPSA) is 60.4 Å². The van der Waals surface area contributed by atoms with Gasteiger partial charge in [-0.15, -0.1) is 0 Å². The Balaban J connectivity index is 3.50. The zero-order valence-corrected chi connectivity index (χ0v) is 20.6. The van der Waals surface area contributed by atoms with Gasteiger partial charge in [-0.2, -0.15) is 0 Å². The first-order valence-corrected chi connectivity index (χ1v) is 13.1. The van der Waals surface area contributed by atoms with Gasteiger partial charge in [-0.3, -0.25) is 0 Å². The lowest BCUT2D eigenvalue weighted by molar-refractivity contribution is -0.893. The Morgan fingerprint density at radius 1 is 0.733 bits per heavy atom. The van der Waals surface area contributed by atoms with Crippen molar-refractivity contribution in [2.45, 2.75) is 135 Å². The van der Waals surface area contributed by atoms with Gasteiger partial charge in [-0.05, 0) is 32.1 Å². The highest BCUT2D eigenvalue weighted by atomic mass is 16.4. The van der Waals surface area contributed by atoms with Crippen LogP contribution in [0.4, 0.5) is 0 Å². The van der Waals surface area contributed by atoms with E-state index in [1.165, 1.54) is 83.5 Å². The second-order valence-electron chi connectivity index (χ2n) is 10.1. The molecule has 4 heteroatoms. The number of carboxylic acids is 1. The van der Waals surface area contributed by atoms with E-state index in [4.69, 9.17) is 0 Å². The first-order valence-electron chi connectivity index (χ1n) is 13.1. The fourth-order valence-electron chi connectivity index (χ4n) is 4.31. The number of likely N-dealkylation sites (N-methyl/N-ethyl adjacent to an activating group) is 1. The van der Waals surface area contributed by atoms with Crippen LogP contribution in [0.5, 0.6) is 0 Å². The minimum absolute atomic E-state index is 0.169. The molecular formula is C26H53NO3. The van der Waals surface area contributed by atoms with E-state index in [1.54, 1.807) is 0 Å². The van der Waals surface area contributed by atoms with Crippen molar-refractivity contribution in [3.8, 4) is 0 Å². The molecule has 0 radical (unpaired) electrons. The summed E-state index contributed by atoms with van der Waals surface area (Å²) < 4.78 is 0.907. The van der Waals surface area contributed by atoms with Crippen molar-refractivity contribution in [3.63, 3.8) is 0 Å². The van der Waals surface area contributed by atoms with Crippen molar-refractivity contribution in [1.29, 1.82) is 0 Å². The first-order chi connectivity index (χ1) is 14.4. The molecule has 0 spiro atoms. The number of quaternary nitrogens is 1. The molecule has 0 aliphatic heterocycles. The van der Waals surface area contributed by atoms with Crippen molar-refractivity contribution in [2.75, 3.05) is 27.2 Å². The SMILES string of the molecule is CCCCCCCCCCCCC(O)C[N+](C)(C)CCCCCCCCCC(=O)[O-]. The maximum absolute atomic E-state index is 10.4. The Kier molecular flexibility index (Phi) is 19.9. The summed E-state index contributed by atoms with van der Waals surface area (Å²) in [5.41, 5.74) is 0. The zero-order valence-electron chi connectivity index (χ0n) is 20.6. The van der Waals surface area contributed by atoms with Crippen molar-refractivity contribution < 1.29 is 19.5 Å². The highest BCUT2D eigenvalue weighted by molar-refractivity contribution is 5.63. The quantitative estimate of drug-likeness (QED) is 0.170. The Bertz CT molecular complexity index is 384. The maximum Gasteiger partial charge on any atom is 0.105 e. The molecule has 0 heterocycles. The van der Waals surface area contributed by atoms with E-state index in [0.717, 1.165) is 49.7 Å². The molecule has 0 aliphatic carbocycles. The molecule has 4 nitrogen and oxygen atoms in total. The van der Waals surface area contributed by atoms with Crippen molar-refractivity contribution in [3.05, 3.63) is 0 Å². The second kappa shape index (κ2) is 20.3. The number of hydrogen-bond donors (Lipinski definition) is 1. The molecule has 1 N–H and O–H groups in total. The largest absolute Gasteiger partial charge is 0.550 e. The van der Waals surface area contributed by atoms with Gasteiger partial charge >= 0.3 is 0 Å². The second-order valence-corrected chi connectivity index (χ2v) is 10.1. The van der Waals surface area contributed by atoms with Gasteiger partial charge in [-0.25, -0.2) is 0 Å². The van der Waals surface area contributed by atoms with Gasteiger partial charge in [0.2, 0.25) is 0 Å². The van der Waals surface area contributed by atoms with E-state index >= 15 is 0 Å². The third-order valence-corrected chi connectivity index (χ3v) is 6.24. The van der Waals surface area contributed by atoms with Crippen LogP contribution in [0.2, 0.25) is 0 Å². The summed E-state index contributed by atoms with van der Waals surface area (Å²) in [5, 5.41) is 20.8. The van der Waals surface area contributed by atoms with Gasteiger partial charge in [0.05, 0.1) is 20.6 Å². The van der Waals surface area contributed by atoms with Crippen LogP contribution in [-0.4, -0.2) is 48.8 Å². The molecule has 0 aromatic heterocycles. The number of carbonyl (C=O) groups is 1. The van der Waals surface area contributed by atoms with E-state index < -0.39 is 5.97 Å². The maximum atomic E-state index is 10.4. The molecule has 0 bridgehead atoms. The fraction of sp³-hybridized carbons (Fsp3) is 0.962. The number of rotatable bonds is 23. The number of nitrogens with zero attached hydrogens (tertiary/aromatic N) is 1. The normalized spacial score (nSPS) is 12.9. The first kappa shape index (κ1) is 29.4. The molecule has 1 unspecified atom stereocenters. The number of hydrogen-bond acceptors (Lipinski definition) is 3. The van der Waals surface area contributed by atoms with Gasteiger partial charge in [0.15, 0.2) is 0 Å². The lowest BCUT2D eigenvalue weighted by Gasteiger charge is -2.32. The molecule has 0 aromatic rings. The third kappa shape index (κ3) is 22.1. The van der Waals surface area contributed by atoms with E-state index in [0.29, 0.717) is 0 Å². The predicted octanol–water partition coefficient (Wildman–Crippen LogP) is 5.61. The Hall–Kier alpha value is -0.610. The van der Waals surface area contributed by atoms with Crippen LogP contribution < -0.4 is 5.11 Å². The monoisotopic (exact) mass is 427 g/mol. The van der Waals surface area contributed by atoms with E-state index in [9.17, 15) is 15.0 Å². The van der Waals surface area contributed by atoms with Crippen LogP contribution in [0.25, 0.3) is 0 Å². The number of unbranched alkanes of at least 4 members (excludes halogenated alkanes) is 15. The van der Waals surface area contributed by atoms with Crippen LogP contribution >= 0.6 is 0 Å². The average molecular weight is 428 g/mol. The Morgan fingerprint density at radius 3 is 1.67 bits per heavy atom. The summed E-state index contributed by atoms with van der Waals surface area (Å²) >= 11 is 0. The number of carboxylic acid groups (broad SMARTS) is 1. The summed E-state index contributed by atoms with van der Waals surface area (Å²) in [6.45, 7) is 4.25. The predicted molar refractivity (Wildman–Crippen MR) is 126 cm³/mol. The molecule has 0 amide bonds. The van der Waals surface area contributed by atoms with Crippen LogP contribution in [0.3, 0.4) is 0 Å². The molecule has 30 heavy (non-hydrogen) atoms. The van der Waals surface area contributed by atoms with Gasteiger partial charge in [0.1, 0.15) is 12.6 Å². The van der Waals surface area contributed by atoms with E-state index in [1.807, 2.05) is 0 Å². The molecule has 0 aromatic carbocycles. The van der Waals surface area contributed by atoms with Crippen LogP contribution in [0.15, 0.2) is 0 Å². The van der Waals surface area contributed by atoms with Crippen molar-refractivity contribution in [2.24, 2.45) is 0 Å². The van der Waals surface area contributed by atoms with Crippen molar-refractivity contribution in [1.82, 2.24) is 0 Å². The lowest BCUT2D eigenvalue weighted by atomic mass is 10.0. The summed E-state index contributed by atoms with van der Waals surface area (Å²) in [5.74, 6) is -0.926. The van der Waals surface area contributed by atoms with Crippen LogP contribution in [0.1, 0.15) is 129 Å². The minimum Gasteiger partial charge on any atom is -0.550 e. The highest BCUT2D eigenvalue weighted by Crippen LogP contribution is 2.14. The summed E-state index contributed by atoms with van der Waals surface area (Å²) in [7, 11) is 4.48. The smallest absolute Gasteiger partial charge is 0.105 e. The summed E-state index contributed by atoms with van der Waals surface area (Å²) in [6, 6.07) is 0. The van der Waals surface area contributed by atoms with E-state index in [-0.39, 0.29) is 12.5 Å². The summed E-state index contributed by atoms with van der Waals surface area (Å²) in [6.07, 6.45) is 22.2. The third-order valence-electron chi connectivity index (χ3n) is 6.24. The van der Waals surface area contributed by atoms with Gasteiger partial charge < -0.3 is 19.5 Å². The van der Waals surface area contributed by atoms with E-state index in [2.05, 4.69) is 21.0 Å².